The lowest BCUT2D eigenvalue weighted by Gasteiger charge is -2.36. The van der Waals surface area contributed by atoms with E-state index in [0.29, 0.717) is 24.3 Å². The van der Waals surface area contributed by atoms with E-state index in [1.54, 1.807) is 0 Å². The Kier molecular flexibility index (Phi) is 9.26. The van der Waals surface area contributed by atoms with Gasteiger partial charge in [0.05, 0.1) is 18.6 Å². The third-order valence-corrected chi connectivity index (χ3v) is 8.37. The van der Waals surface area contributed by atoms with E-state index in [-0.39, 0.29) is 12.3 Å². The van der Waals surface area contributed by atoms with Crippen LogP contribution in [-0.2, 0) is 18.3 Å². The van der Waals surface area contributed by atoms with Crippen molar-refractivity contribution in [1.29, 1.82) is 0 Å². The summed E-state index contributed by atoms with van der Waals surface area (Å²) < 4.78 is 7.87. The average Bonchev–Trinajstić information content (AvgIpc) is 3.22. The number of anilines is 1. The van der Waals surface area contributed by atoms with E-state index in [1.807, 2.05) is 52.9 Å². The van der Waals surface area contributed by atoms with E-state index in [1.165, 1.54) is 45.2 Å². The van der Waals surface area contributed by atoms with Gasteiger partial charge in [-0.3, -0.25) is 9.59 Å². The van der Waals surface area contributed by atoms with Crippen LogP contribution in [0.15, 0.2) is 48.5 Å². The molecule has 2 aromatic carbocycles. The Morgan fingerprint density at radius 3 is 2.23 bits per heavy atom. The minimum absolute atomic E-state index is 0.0906. The number of ether oxygens (including phenoxy) is 1. The molecule has 40 heavy (non-hydrogen) atoms. The highest BCUT2D eigenvalue weighted by molar-refractivity contribution is 6.09. The second-order valence-corrected chi connectivity index (χ2v) is 11.1. The van der Waals surface area contributed by atoms with Crippen molar-refractivity contribution in [1.82, 2.24) is 14.4 Å². The molecule has 0 spiro atoms. The summed E-state index contributed by atoms with van der Waals surface area (Å²) in [5.41, 5.74) is 3.07. The third-order valence-electron chi connectivity index (χ3n) is 8.37. The lowest BCUT2D eigenvalue weighted by atomic mass is 10.1. The molecule has 2 aliphatic heterocycles. The molecule has 214 valence electrons. The quantitative estimate of drug-likeness (QED) is 0.389. The summed E-state index contributed by atoms with van der Waals surface area (Å²) in [5, 5.41) is 10.3. The van der Waals surface area contributed by atoms with Crippen molar-refractivity contribution in [2.75, 3.05) is 57.3 Å². The summed E-state index contributed by atoms with van der Waals surface area (Å²) in [5.74, 6) is -0.135. The largest absolute Gasteiger partial charge is 0.494 e. The topological polar surface area (TPSA) is 78.2 Å². The molecule has 0 radical (unpaired) electrons. The Balaban J connectivity index is 1.13. The van der Waals surface area contributed by atoms with Crippen LogP contribution in [0.2, 0.25) is 0 Å². The van der Waals surface area contributed by atoms with Gasteiger partial charge in [0.25, 0.3) is 5.91 Å². The number of piperazine rings is 1. The average molecular weight is 547 g/mol. The number of hydrogen-bond acceptors (Lipinski definition) is 5. The number of nitrogens with zero attached hydrogens (tertiary/aromatic N) is 4. The zero-order chi connectivity index (χ0) is 27.9. The van der Waals surface area contributed by atoms with Crippen molar-refractivity contribution in [2.24, 2.45) is 7.05 Å². The molecule has 3 heterocycles. The lowest BCUT2D eigenvalue weighted by molar-refractivity contribution is -0.136. The maximum atomic E-state index is 13.7. The fourth-order valence-electron chi connectivity index (χ4n) is 6.13. The van der Waals surface area contributed by atoms with Crippen LogP contribution < -0.4 is 9.64 Å². The van der Waals surface area contributed by atoms with Crippen molar-refractivity contribution in [3.05, 3.63) is 59.8 Å². The standard InChI is InChI=1S/C32H42N4O4/c1-33-28-11-6-5-10-27(28)31(29(33)24-30(37)38)32(39)36-21-19-35(20-22-36)25-12-14-26(15-13-25)40-23-9-18-34-16-7-3-2-4-8-17-34/h5-6,10-15H,2-4,7-9,16-24H2,1H3,(H,37,38). The summed E-state index contributed by atoms with van der Waals surface area (Å²) in [6.45, 7) is 6.90. The Labute approximate surface area is 237 Å². The van der Waals surface area contributed by atoms with Crippen LogP contribution in [-0.4, -0.2) is 83.8 Å². The van der Waals surface area contributed by atoms with Gasteiger partial charge in [-0.1, -0.05) is 37.5 Å². The molecule has 0 aliphatic carbocycles. The number of fused-ring (bicyclic) bond motifs is 1. The number of carboxylic acids is 1. The summed E-state index contributed by atoms with van der Waals surface area (Å²) in [6, 6.07) is 15.9. The maximum absolute atomic E-state index is 13.7. The fourth-order valence-corrected chi connectivity index (χ4v) is 6.13. The van der Waals surface area contributed by atoms with Crippen molar-refractivity contribution < 1.29 is 19.4 Å². The van der Waals surface area contributed by atoms with E-state index >= 15 is 0 Å². The van der Waals surface area contributed by atoms with Crippen LogP contribution >= 0.6 is 0 Å². The van der Waals surface area contributed by atoms with Crippen LogP contribution in [0, 0.1) is 0 Å². The van der Waals surface area contributed by atoms with E-state index < -0.39 is 5.97 Å². The number of aliphatic carboxylic acids is 1. The monoisotopic (exact) mass is 546 g/mol. The van der Waals surface area contributed by atoms with Crippen molar-refractivity contribution in [3.63, 3.8) is 0 Å². The fraction of sp³-hybridized carbons (Fsp3) is 0.500. The number of hydrogen-bond donors (Lipinski definition) is 1. The highest BCUT2D eigenvalue weighted by atomic mass is 16.5. The molecule has 0 atom stereocenters. The first kappa shape index (κ1) is 28.0. The van der Waals surface area contributed by atoms with Crippen LogP contribution in [0.4, 0.5) is 5.69 Å². The van der Waals surface area contributed by atoms with Gasteiger partial charge in [0.2, 0.25) is 0 Å². The SMILES string of the molecule is Cn1c(CC(=O)O)c(C(=O)N2CCN(c3ccc(OCCCN4CCCCCCC4)cc3)CC2)c2ccccc21. The molecule has 2 aliphatic rings. The van der Waals surface area contributed by atoms with E-state index in [9.17, 15) is 14.7 Å². The Bertz CT molecular complexity index is 1290. The van der Waals surface area contributed by atoms with Gasteiger partial charge < -0.3 is 29.1 Å². The highest BCUT2D eigenvalue weighted by Crippen LogP contribution is 2.28. The van der Waals surface area contributed by atoms with Gasteiger partial charge in [-0.25, -0.2) is 0 Å². The maximum Gasteiger partial charge on any atom is 0.309 e. The minimum atomic E-state index is -0.940. The number of carbonyl (C=O) groups is 2. The number of likely N-dealkylation sites (tertiary alicyclic amines) is 1. The molecule has 1 aromatic heterocycles. The zero-order valence-corrected chi connectivity index (χ0v) is 23.7. The second kappa shape index (κ2) is 13.2. The summed E-state index contributed by atoms with van der Waals surface area (Å²) in [4.78, 5) is 32.0. The second-order valence-electron chi connectivity index (χ2n) is 11.1. The molecule has 1 N–H and O–H groups in total. The first-order valence-electron chi connectivity index (χ1n) is 14.8. The van der Waals surface area contributed by atoms with E-state index in [4.69, 9.17) is 4.74 Å². The molecule has 0 unspecified atom stereocenters. The van der Waals surface area contributed by atoms with Crippen LogP contribution in [0.1, 0.15) is 54.6 Å². The first-order valence-corrected chi connectivity index (χ1v) is 14.8. The van der Waals surface area contributed by atoms with E-state index in [0.717, 1.165) is 55.0 Å². The molecular formula is C32H42N4O4. The normalized spacial score (nSPS) is 17.0. The smallest absolute Gasteiger partial charge is 0.309 e. The molecular weight excluding hydrogens is 504 g/mol. The van der Waals surface area contributed by atoms with Crippen molar-refractivity contribution in [2.45, 2.75) is 44.9 Å². The summed E-state index contributed by atoms with van der Waals surface area (Å²) >= 11 is 0. The van der Waals surface area contributed by atoms with Gasteiger partial charge in [-0.15, -0.1) is 0 Å². The molecule has 2 fully saturated rings. The van der Waals surface area contributed by atoms with Crippen LogP contribution in [0.3, 0.4) is 0 Å². The lowest BCUT2D eigenvalue weighted by Crippen LogP contribution is -2.49. The number of para-hydroxylation sites is 1. The van der Waals surface area contributed by atoms with E-state index in [2.05, 4.69) is 21.9 Å². The molecule has 5 rings (SSSR count). The molecule has 8 nitrogen and oxygen atoms in total. The Morgan fingerprint density at radius 2 is 1.52 bits per heavy atom. The summed E-state index contributed by atoms with van der Waals surface area (Å²) in [7, 11) is 1.83. The minimum Gasteiger partial charge on any atom is -0.494 e. The Morgan fingerprint density at radius 1 is 0.850 bits per heavy atom. The number of amides is 1. The summed E-state index contributed by atoms with van der Waals surface area (Å²) in [6.07, 6.45) is 7.62. The number of aryl methyl sites for hydroxylation is 1. The number of benzene rings is 2. The number of rotatable bonds is 9. The number of carboxylic acid groups (broad SMARTS) is 1. The highest BCUT2D eigenvalue weighted by Gasteiger charge is 2.28. The van der Waals surface area contributed by atoms with Gasteiger partial charge in [-0.2, -0.15) is 0 Å². The van der Waals surface area contributed by atoms with Gasteiger partial charge in [-0.05, 0) is 62.7 Å². The molecule has 0 saturated carbocycles. The van der Waals surface area contributed by atoms with Gasteiger partial charge in [0.1, 0.15) is 5.75 Å². The van der Waals surface area contributed by atoms with Crippen LogP contribution in [0.25, 0.3) is 10.9 Å². The Hall–Kier alpha value is -3.52. The van der Waals surface area contributed by atoms with Crippen molar-refractivity contribution >= 4 is 28.5 Å². The van der Waals surface area contributed by atoms with Gasteiger partial charge >= 0.3 is 5.97 Å². The predicted molar refractivity (Wildman–Crippen MR) is 158 cm³/mol. The number of carbonyl (C=O) groups excluding carboxylic acids is 1. The molecule has 0 bridgehead atoms. The van der Waals surface area contributed by atoms with Crippen molar-refractivity contribution in [3.8, 4) is 5.75 Å². The third kappa shape index (κ3) is 6.61. The van der Waals surface area contributed by atoms with Gasteiger partial charge in [0, 0.05) is 62.1 Å². The molecule has 8 heteroatoms. The van der Waals surface area contributed by atoms with Crippen LogP contribution in [0.5, 0.6) is 5.75 Å². The predicted octanol–water partition coefficient (Wildman–Crippen LogP) is 4.80. The molecule has 1 amide bonds. The zero-order valence-electron chi connectivity index (χ0n) is 23.7. The first-order chi connectivity index (χ1) is 19.5. The molecule has 3 aromatic rings. The number of aromatic nitrogens is 1. The van der Waals surface area contributed by atoms with Gasteiger partial charge in [0.15, 0.2) is 0 Å². The molecule has 2 saturated heterocycles.